The number of nitrogens with zero attached hydrogens (tertiary/aromatic N) is 2. The predicted molar refractivity (Wildman–Crippen MR) is 130 cm³/mol. The molecule has 7 heteroatoms. The van der Waals surface area contributed by atoms with E-state index in [0.29, 0.717) is 22.9 Å². The molecule has 4 atom stereocenters. The molecule has 0 spiro atoms. The van der Waals surface area contributed by atoms with Crippen LogP contribution in [-0.2, 0) is 9.31 Å². The van der Waals surface area contributed by atoms with E-state index in [9.17, 15) is 0 Å². The van der Waals surface area contributed by atoms with Gasteiger partial charge < -0.3 is 19.8 Å². The fourth-order valence-corrected chi connectivity index (χ4v) is 6.68. The Labute approximate surface area is 195 Å². The molecule has 2 bridgehead atoms. The Morgan fingerprint density at radius 3 is 2.67 bits per heavy atom. The molecule has 3 aliphatic carbocycles. The highest BCUT2D eigenvalue weighted by Crippen LogP contribution is 2.69. The van der Waals surface area contributed by atoms with Crippen LogP contribution in [0, 0.1) is 17.3 Å². The summed E-state index contributed by atoms with van der Waals surface area (Å²) in [5, 5.41) is 9.15. The molecule has 1 aromatic heterocycles. The van der Waals surface area contributed by atoms with Gasteiger partial charge in [-0.15, -0.1) is 0 Å². The molecule has 2 aromatic carbocycles. The minimum Gasteiger partial charge on any atom is -0.496 e. The van der Waals surface area contributed by atoms with Crippen molar-refractivity contribution in [2.45, 2.75) is 51.7 Å². The highest BCUT2D eigenvalue weighted by molar-refractivity contribution is 6.62. The molecule has 33 heavy (non-hydrogen) atoms. The number of nitrogen functional groups attached to an aromatic ring is 1. The molecule has 0 amide bonds. The minimum absolute atomic E-state index is 0.281. The number of hydrogen-bond acceptors (Lipinski definition) is 6. The van der Waals surface area contributed by atoms with E-state index in [1.807, 2.05) is 30.3 Å². The summed E-state index contributed by atoms with van der Waals surface area (Å²) in [6.45, 7) is 9.26. The standard InChI is InChI=1S/C26H30BN3O3/c1-24(2)16-11-23(24)26(4)25(3,13-16)32-27(33-26)17-7-9-22(31-5)19(12-17)15-6-8-18-20(28)14-29-30-21(18)10-15/h6-10,12,14,16,23H,11,13H2,1-5H3,(H2,28,30)/t16-,23-,25+,26-/m1/s1. The topological polar surface area (TPSA) is 79.5 Å². The molecule has 170 valence electrons. The molecule has 4 fully saturated rings. The summed E-state index contributed by atoms with van der Waals surface area (Å²) in [4.78, 5) is 0. The Balaban J connectivity index is 1.39. The van der Waals surface area contributed by atoms with E-state index in [1.165, 1.54) is 6.42 Å². The lowest BCUT2D eigenvalue weighted by Crippen LogP contribution is -2.70. The van der Waals surface area contributed by atoms with Gasteiger partial charge in [-0.2, -0.15) is 10.2 Å². The summed E-state index contributed by atoms with van der Waals surface area (Å²) < 4.78 is 19.2. The Morgan fingerprint density at radius 2 is 1.91 bits per heavy atom. The largest absolute Gasteiger partial charge is 0.496 e. The van der Waals surface area contributed by atoms with Crippen LogP contribution >= 0.6 is 0 Å². The van der Waals surface area contributed by atoms with Crippen molar-refractivity contribution in [1.82, 2.24) is 10.2 Å². The van der Waals surface area contributed by atoms with Crippen molar-refractivity contribution in [3.8, 4) is 16.9 Å². The summed E-state index contributed by atoms with van der Waals surface area (Å²) in [6, 6.07) is 12.2. The summed E-state index contributed by atoms with van der Waals surface area (Å²) >= 11 is 0. The predicted octanol–water partition coefficient (Wildman–Crippen LogP) is 4.21. The number of hydrogen-bond donors (Lipinski definition) is 1. The van der Waals surface area contributed by atoms with Crippen molar-refractivity contribution in [3.05, 3.63) is 42.6 Å². The number of methoxy groups -OCH3 is 1. The second-order valence-electron chi connectivity index (χ2n) is 10.9. The summed E-state index contributed by atoms with van der Waals surface area (Å²) in [7, 11) is 1.28. The first kappa shape index (κ1) is 20.9. The van der Waals surface area contributed by atoms with Crippen LogP contribution in [0.3, 0.4) is 0 Å². The van der Waals surface area contributed by atoms with Gasteiger partial charge in [-0.25, -0.2) is 0 Å². The van der Waals surface area contributed by atoms with Gasteiger partial charge in [0.2, 0.25) is 0 Å². The lowest BCUT2D eigenvalue weighted by Gasteiger charge is -2.67. The van der Waals surface area contributed by atoms with Gasteiger partial charge in [-0.1, -0.05) is 32.0 Å². The Hall–Kier alpha value is -2.64. The summed E-state index contributed by atoms with van der Waals surface area (Å²) in [6.07, 6.45) is 3.84. The van der Waals surface area contributed by atoms with Crippen molar-refractivity contribution in [2.75, 3.05) is 12.8 Å². The van der Waals surface area contributed by atoms with Crippen LogP contribution in [0.1, 0.15) is 40.5 Å². The average molecular weight is 443 g/mol. The minimum atomic E-state index is -0.407. The van der Waals surface area contributed by atoms with Crippen LogP contribution in [-0.4, -0.2) is 35.6 Å². The lowest BCUT2D eigenvalue weighted by atomic mass is 9.41. The maximum Gasteiger partial charge on any atom is 0.494 e. The van der Waals surface area contributed by atoms with Gasteiger partial charge in [0, 0.05) is 10.9 Å². The SMILES string of the molecule is COc1ccc(B2O[C@@]3(C)C[C@H]4C[C@H](C4(C)C)[C@@]3(C)O2)cc1-c1ccc2c(N)cnnc2c1. The lowest BCUT2D eigenvalue weighted by molar-refractivity contribution is -0.234. The van der Waals surface area contributed by atoms with Crippen LogP contribution in [0.2, 0.25) is 0 Å². The molecule has 3 saturated carbocycles. The molecule has 7 rings (SSSR count). The number of anilines is 1. The van der Waals surface area contributed by atoms with E-state index < -0.39 is 7.12 Å². The van der Waals surface area contributed by atoms with Crippen molar-refractivity contribution < 1.29 is 14.0 Å². The molecule has 4 aliphatic rings. The van der Waals surface area contributed by atoms with Gasteiger partial charge >= 0.3 is 7.12 Å². The van der Waals surface area contributed by atoms with E-state index in [1.54, 1.807) is 13.3 Å². The molecular weight excluding hydrogens is 413 g/mol. The fraction of sp³-hybridized carbons (Fsp3) is 0.462. The van der Waals surface area contributed by atoms with Crippen molar-refractivity contribution in [2.24, 2.45) is 17.3 Å². The zero-order valence-electron chi connectivity index (χ0n) is 19.9. The Morgan fingerprint density at radius 1 is 1.09 bits per heavy atom. The van der Waals surface area contributed by atoms with Crippen LogP contribution in [0.25, 0.3) is 22.0 Å². The number of ether oxygens (including phenoxy) is 1. The molecule has 2 N–H and O–H groups in total. The van der Waals surface area contributed by atoms with E-state index in [0.717, 1.165) is 39.7 Å². The van der Waals surface area contributed by atoms with E-state index >= 15 is 0 Å². The molecule has 1 aliphatic heterocycles. The maximum absolute atomic E-state index is 6.78. The van der Waals surface area contributed by atoms with Gasteiger partial charge in [0.25, 0.3) is 0 Å². The summed E-state index contributed by atoms with van der Waals surface area (Å²) in [5.41, 5.74) is 10.1. The monoisotopic (exact) mass is 443 g/mol. The normalized spacial score (nSPS) is 31.8. The molecule has 3 aromatic rings. The smallest absolute Gasteiger partial charge is 0.494 e. The number of benzene rings is 2. The van der Waals surface area contributed by atoms with Crippen LogP contribution in [0.4, 0.5) is 5.69 Å². The third kappa shape index (κ3) is 2.75. The molecule has 0 unspecified atom stereocenters. The van der Waals surface area contributed by atoms with Gasteiger partial charge in [-0.05, 0) is 73.2 Å². The van der Waals surface area contributed by atoms with Crippen molar-refractivity contribution in [3.63, 3.8) is 0 Å². The van der Waals surface area contributed by atoms with E-state index in [4.69, 9.17) is 19.8 Å². The van der Waals surface area contributed by atoms with Gasteiger partial charge in [0.15, 0.2) is 0 Å². The number of rotatable bonds is 3. The second-order valence-corrected chi connectivity index (χ2v) is 10.9. The Kier molecular flexibility index (Phi) is 4.25. The van der Waals surface area contributed by atoms with Crippen LogP contribution in [0.5, 0.6) is 5.75 Å². The first-order chi connectivity index (χ1) is 15.7. The molecular formula is C26H30BN3O3. The number of nitrogens with two attached hydrogens (primary N) is 1. The second kappa shape index (κ2) is 6.70. The van der Waals surface area contributed by atoms with Crippen molar-refractivity contribution >= 4 is 29.2 Å². The molecule has 0 radical (unpaired) electrons. The van der Waals surface area contributed by atoms with E-state index in [-0.39, 0.29) is 11.2 Å². The molecule has 2 heterocycles. The van der Waals surface area contributed by atoms with E-state index in [2.05, 4.69) is 44.0 Å². The maximum atomic E-state index is 6.78. The zero-order valence-corrected chi connectivity index (χ0v) is 19.9. The van der Waals surface area contributed by atoms with Gasteiger partial charge in [0.05, 0.1) is 35.7 Å². The third-order valence-corrected chi connectivity index (χ3v) is 9.02. The first-order valence-corrected chi connectivity index (χ1v) is 11.7. The van der Waals surface area contributed by atoms with Gasteiger partial charge in [0.1, 0.15) is 5.75 Å². The quantitative estimate of drug-likeness (QED) is 0.611. The van der Waals surface area contributed by atoms with Crippen LogP contribution in [0.15, 0.2) is 42.6 Å². The van der Waals surface area contributed by atoms with Crippen LogP contribution < -0.4 is 15.9 Å². The first-order valence-electron chi connectivity index (χ1n) is 11.7. The van der Waals surface area contributed by atoms with Crippen molar-refractivity contribution in [1.29, 1.82) is 0 Å². The highest BCUT2D eigenvalue weighted by atomic mass is 16.7. The zero-order chi connectivity index (χ0) is 23.2. The molecule has 1 saturated heterocycles. The number of fused-ring (bicyclic) bond motifs is 1. The highest BCUT2D eigenvalue weighted by Gasteiger charge is 2.72. The summed E-state index contributed by atoms with van der Waals surface area (Å²) in [5.74, 6) is 1.98. The molecule has 6 nitrogen and oxygen atoms in total. The van der Waals surface area contributed by atoms with Gasteiger partial charge in [-0.3, -0.25) is 0 Å². The fourth-order valence-electron chi connectivity index (χ4n) is 6.68. The number of aromatic nitrogens is 2. The third-order valence-electron chi connectivity index (χ3n) is 9.02. The average Bonchev–Trinajstić information content (AvgIpc) is 3.09. The Bertz CT molecular complexity index is 1280.